The molecule has 4 nitrogen and oxygen atoms in total. The Morgan fingerprint density at radius 3 is 2.74 bits per heavy atom. The van der Waals surface area contributed by atoms with E-state index < -0.39 is 0 Å². The van der Waals surface area contributed by atoms with Crippen molar-refractivity contribution in [2.75, 3.05) is 0 Å². The lowest BCUT2D eigenvalue weighted by atomic mass is 10.1. The Labute approximate surface area is 141 Å². The monoisotopic (exact) mass is 370 g/mol. The van der Waals surface area contributed by atoms with Crippen LogP contribution in [-0.2, 0) is 6.54 Å². The molecule has 1 amide bonds. The molecule has 0 aliphatic rings. The molecule has 23 heavy (non-hydrogen) atoms. The van der Waals surface area contributed by atoms with E-state index in [0.717, 1.165) is 20.9 Å². The van der Waals surface area contributed by atoms with Crippen molar-refractivity contribution in [3.05, 3.63) is 80.0 Å². The van der Waals surface area contributed by atoms with Crippen molar-refractivity contribution >= 4 is 32.7 Å². The largest absolute Gasteiger partial charge is 0.348 e. The molecule has 0 aliphatic heterocycles. The van der Waals surface area contributed by atoms with E-state index in [1.165, 1.54) is 0 Å². The van der Waals surface area contributed by atoms with Gasteiger partial charge in [-0.25, -0.2) is 0 Å². The molecular formula is C18H15BrN2O2. The number of carbonyl (C=O) groups excluding carboxylic acids is 1. The molecule has 0 spiro atoms. The smallest absolute Gasteiger partial charge is 0.253 e. The van der Waals surface area contributed by atoms with E-state index in [2.05, 4.69) is 26.2 Å². The van der Waals surface area contributed by atoms with Gasteiger partial charge < -0.3 is 10.3 Å². The Hall–Kier alpha value is -2.40. The minimum atomic E-state index is -0.221. The highest BCUT2D eigenvalue weighted by atomic mass is 79.9. The first-order valence-electron chi connectivity index (χ1n) is 7.20. The second kappa shape index (κ2) is 6.38. The third-order valence-electron chi connectivity index (χ3n) is 3.63. The van der Waals surface area contributed by atoms with Gasteiger partial charge in [-0.3, -0.25) is 9.59 Å². The number of carbonyl (C=O) groups is 1. The third kappa shape index (κ3) is 3.35. The van der Waals surface area contributed by atoms with Crippen molar-refractivity contribution in [2.24, 2.45) is 0 Å². The lowest BCUT2D eigenvalue weighted by Crippen LogP contribution is -2.27. The summed E-state index contributed by atoms with van der Waals surface area (Å²) in [6, 6.07) is 14.8. The molecule has 0 atom stereocenters. The Morgan fingerprint density at radius 2 is 1.96 bits per heavy atom. The van der Waals surface area contributed by atoms with Gasteiger partial charge in [-0.2, -0.15) is 0 Å². The summed E-state index contributed by atoms with van der Waals surface area (Å²) in [5, 5.41) is 3.74. The fraction of sp³-hybridized carbons (Fsp3) is 0.111. The van der Waals surface area contributed by atoms with Crippen LogP contribution in [0.5, 0.6) is 0 Å². The van der Waals surface area contributed by atoms with Crippen LogP contribution in [-0.4, -0.2) is 10.9 Å². The standard InChI is InChI=1S/C18H15BrN2O2/c1-11-6-7-16-12(8-11)9-13(17(22)21-16)10-20-18(23)14-4-2-3-5-15(14)19/h2-9H,10H2,1H3,(H,20,23)(H,21,22). The topological polar surface area (TPSA) is 62.0 Å². The quantitative estimate of drug-likeness (QED) is 0.740. The molecule has 5 heteroatoms. The molecule has 0 fully saturated rings. The molecule has 3 aromatic rings. The number of fused-ring (bicyclic) bond motifs is 1. The first-order chi connectivity index (χ1) is 11.0. The molecule has 2 aromatic carbocycles. The van der Waals surface area contributed by atoms with E-state index in [4.69, 9.17) is 0 Å². The summed E-state index contributed by atoms with van der Waals surface area (Å²) in [6.45, 7) is 2.18. The summed E-state index contributed by atoms with van der Waals surface area (Å²) < 4.78 is 0.723. The number of rotatable bonds is 3. The number of hydrogen-bond donors (Lipinski definition) is 2. The highest BCUT2D eigenvalue weighted by molar-refractivity contribution is 9.10. The van der Waals surface area contributed by atoms with Crippen molar-refractivity contribution in [3.8, 4) is 0 Å². The molecule has 3 rings (SSSR count). The Balaban J connectivity index is 1.84. The van der Waals surface area contributed by atoms with Crippen LogP contribution >= 0.6 is 15.9 Å². The van der Waals surface area contributed by atoms with Crippen LogP contribution in [0, 0.1) is 6.92 Å². The first-order valence-corrected chi connectivity index (χ1v) is 7.99. The number of aromatic amines is 1. The fourth-order valence-electron chi connectivity index (χ4n) is 2.42. The van der Waals surface area contributed by atoms with Gasteiger partial charge in [0.15, 0.2) is 0 Å². The minimum absolute atomic E-state index is 0.180. The van der Waals surface area contributed by atoms with E-state index in [1.807, 2.05) is 37.3 Å². The highest BCUT2D eigenvalue weighted by Gasteiger charge is 2.10. The van der Waals surface area contributed by atoms with Gasteiger partial charge in [0, 0.05) is 22.1 Å². The van der Waals surface area contributed by atoms with Crippen LogP contribution in [0.25, 0.3) is 10.9 Å². The molecular weight excluding hydrogens is 356 g/mol. The summed E-state index contributed by atoms with van der Waals surface area (Å²) in [7, 11) is 0. The van der Waals surface area contributed by atoms with Gasteiger partial charge in [0.05, 0.1) is 5.56 Å². The van der Waals surface area contributed by atoms with E-state index in [1.54, 1.807) is 18.2 Å². The SMILES string of the molecule is Cc1ccc2[nH]c(=O)c(CNC(=O)c3ccccc3Br)cc2c1. The van der Waals surface area contributed by atoms with Crippen LogP contribution in [0.3, 0.4) is 0 Å². The van der Waals surface area contributed by atoms with Crippen molar-refractivity contribution in [3.63, 3.8) is 0 Å². The average Bonchev–Trinajstić information content (AvgIpc) is 2.53. The third-order valence-corrected chi connectivity index (χ3v) is 4.33. The van der Waals surface area contributed by atoms with E-state index in [0.29, 0.717) is 11.1 Å². The number of nitrogens with one attached hydrogen (secondary N) is 2. The molecule has 0 saturated carbocycles. The summed E-state index contributed by atoms with van der Waals surface area (Å²) >= 11 is 3.35. The van der Waals surface area contributed by atoms with E-state index >= 15 is 0 Å². The van der Waals surface area contributed by atoms with Gasteiger partial charge in [0.2, 0.25) is 0 Å². The summed E-state index contributed by atoms with van der Waals surface area (Å²) in [5.74, 6) is -0.221. The van der Waals surface area contributed by atoms with Crippen LogP contribution in [0.4, 0.5) is 0 Å². The molecule has 0 saturated heterocycles. The normalized spacial score (nSPS) is 10.7. The van der Waals surface area contributed by atoms with Gasteiger partial charge >= 0.3 is 0 Å². The number of amides is 1. The van der Waals surface area contributed by atoms with E-state index in [9.17, 15) is 9.59 Å². The molecule has 1 heterocycles. The van der Waals surface area contributed by atoms with Gasteiger partial charge in [-0.1, -0.05) is 23.8 Å². The summed E-state index contributed by atoms with van der Waals surface area (Å²) in [6.07, 6.45) is 0. The zero-order valence-corrected chi connectivity index (χ0v) is 14.1. The number of aryl methyl sites for hydroxylation is 1. The number of pyridine rings is 1. The van der Waals surface area contributed by atoms with Crippen molar-refractivity contribution in [1.29, 1.82) is 0 Å². The minimum Gasteiger partial charge on any atom is -0.348 e. The van der Waals surface area contributed by atoms with Crippen molar-refractivity contribution < 1.29 is 4.79 Å². The second-order valence-electron chi connectivity index (χ2n) is 5.38. The molecule has 2 N–H and O–H groups in total. The number of halogens is 1. The van der Waals surface area contributed by atoms with Crippen molar-refractivity contribution in [1.82, 2.24) is 10.3 Å². The Kier molecular flexibility index (Phi) is 4.30. The number of H-pyrrole nitrogens is 1. The Morgan fingerprint density at radius 1 is 1.17 bits per heavy atom. The Bertz CT molecular complexity index is 947. The average molecular weight is 371 g/mol. The summed E-state index contributed by atoms with van der Waals surface area (Å²) in [5.41, 5.74) is 2.80. The number of hydrogen-bond acceptors (Lipinski definition) is 2. The first kappa shape index (κ1) is 15.5. The van der Waals surface area contributed by atoms with Crippen LogP contribution in [0.2, 0.25) is 0 Å². The van der Waals surface area contributed by atoms with Crippen LogP contribution in [0.15, 0.2) is 57.8 Å². The maximum Gasteiger partial charge on any atom is 0.253 e. The van der Waals surface area contributed by atoms with Gasteiger partial charge in [-0.05, 0) is 58.6 Å². The van der Waals surface area contributed by atoms with Crippen molar-refractivity contribution in [2.45, 2.75) is 13.5 Å². The fourth-order valence-corrected chi connectivity index (χ4v) is 2.88. The molecule has 0 bridgehead atoms. The molecule has 0 radical (unpaired) electrons. The zero-order chi connectivity index (χ0) is 16.4. The van der Waals surface area contributed by atoms with Crippen LogP contribution in [0.1, 0.15) is 21.5 Å². The predicted molar refractivity (Wildman–Crippen MR) is 94.6 cm³/mol. The van der Waals surface area contributed by atoms with Gasteiger partial charge in [0.25, 0.3) is 11.5 Å². The maximum atomic E-state index is 12.2. The van der Waals surface area contributed by atoms with Crippen LogP contribution < -0.4 is 10.9 Å². The highest BCUT2D eigenvalue weighted by Crippen LogP contribution is 2.16. The predicted octanol–water partition coefficient (Wildman–Crippen LogP) is 3.53. The van der Waals surface area contributed by atoms with Gasteiger partial charge in [-0.15, -0.1) is 0 Å². The lowest BCUT2D eigenvalue weighted by molar-refractivity contribution is 0.0950. The molecule has 116 valence electrons. The molecule has 0 unspecified atom stereocenters. The number of benzene rings is 2. The molecule has 0 aliphatic carbocycles. The maximum absolute atomic E-state index is 12.2. The number of aromatic nitrogens is 1. The van der Waals surface area contributed by atoms with Gasteiger partial charge in [0.1, 0.15) is 0 Å². The lowest BCUT2D eigenvalue weighted by Gasteiger charge is -2.08. The zero-order valence-electron chi connectivity index (χ0n) is 12.5. The summed E-state index contributed by atoms with van der Waals surface area (Å²) in [4.78, 5) is 27.2. The molecule has 1 aromatic heterocycles. The second-order valence-corrected chi connectivity index (χ2v) is 6.23. The van der Waals surface area contributed by atoms with E-state index in [-0.39, 0.29) is 18.0 Å².